The molecule has 10 N–H and O–H groups in total. The maximum absolute atomic E-state index is 14.9. The lowest BCUT2D eigenvalue weighted by atomic mass is 9.45. The van der Waals surface area contributed by atoms with Gasteiger partial charge in [0, 0.05) is 30.3 Å². The summed E-state index contributed by atoms with van der Waals surface area (Å²) in [6, 6.07) is 12.9. The number of benzene rings is 2. The van der Waals surface area contributed by atoms with Gasteiger partial charge in [-0.2, -0.15) is 0 Å². The van der Waals surface area contributed by atoms with Crippen molar-refractivity contribution in [2.75, 3.05) is 19.7 Å². The number of likely N-dealkylation sites (N-methyl/N-ethyl adjacent to an activating group) is 1. The van der Waals surface area contributed by atoms with E-state index < -0.39 is 53.4 Å². The summed E-state index contributed by atoms with van der Waals surface area (Å²) in [5, 5.41) is 69.8. The fourth-order valence-corrected chi connectivity index (χ4v) is 12.8. The normalized spacial score (nSPS) is 32.7. The van der Waals surface area contributed by atoms with Gasteiger partial charge in [-0.05, 0) is 154 Å². The molecule has 1 amide bonds. The van der Waals surface area contributed by atoms with Crippen LogP contribution in [0.5, 0.6) is 0 Å². The fourth-order valence-electron chi connectivity index (χ4n) is 12.8. The molecular weight excluding hydrogens is 829 g/mol. The van der Waals surface area contributed by atoms with E-state index in [1.807, 2.05) is 61.5 Å². The molecule has 11 heteroatoms. The van der Waals surface area contributed by atoms with Gasteiger partial charge in [0.15, 0.2) is 5.78 Å². The topological polar surface area (TPSA) is 197 Å². The van der Waals surface area contributed by atoms with E-state index >= 15 is 0 Å². The van der Waals surface area contributed by atoms with Gasteiger partial charge >= 0.3 is 0 Å². The van der Waals surface area contributed by atoms with Crippen molar-refractivity contribution >= 4 is 11.7 Å². The van der Waals surface area contributed by atoms with Gasteiger partial charge in [-0.1, -0.05) is 97.8 Å². The molecule has 7 rings (SSSR count). The average Bonchev–Trinajstić information content (AvgIpc) is 3.58. The number of nitrogens with two attached hydrogens (primary N) is 1. The van der Waals surface area contributed by atoms with Gasteiger partial charge < -0.3 is 41.9 Å². The van der Waals surface area contributed by atoms with E-state index in [1.165, 1.54) is 5.57 Å². The number of Topliss-reactive ketones (excluding diaryl/α,β-unsaturated/α-hetero) is 1. The molecule has 3 aliphatic carbocycles. The minimum absolute atomic E-state index is 0.00704. The van der Waals surface area contributed by atoms with E-state index in [0.717, 1.165) is 48.1 Å². The Morgan fingerprint density at radius 1 is 1.02 bits per heavy atom. The summed E-state index contributed by atoms with van der Waals surface area (Å²) in [4.78, 5) is 28.5. The summed E-state index contributed by atoms with van der Waals surface area (Å²) in [5.41, 5.74) is 12.6. The lowest BCUT2D eigenvalue weighted by Gasteiger charge is -2.61. The molecular formula is C55H76N4O7. The molecule has 0 saturated heterocycles. The standard InChI is InChI=1S/C55H76N4O7/c1-6-57-47(23-18-33(2)3)34(4)11-7-15-39(32-60)45-30-40-16-10-25-54(66)26-24-43-35(5)48(63)29-38-14-9-17-44-49(38)50(53(65)59-52(44)56)58-31-42(62)20-19-36-12-8-13-37(27-36)28-41(61)21-22-46(43)55(40,54)51(45)64/h7-9,11-15,17-18,27,40-42,45-47,50-52,57-58,60-62,64,66H,4,6,10,16,19-26,28-32,56H2,1-3,5H3,(H,59,65). The van der Waals surface area contributed by atoms with E-state index in [9.17, 15) is 35.1 Å². The maximum atomic E-state index is 14.9. The Hall–Kier alpha value is -4.04. The third kappa shape index (κ3) is 10.2. The number of allylic oxidation sites excluding steroid dienone is 5. The second-order valence-electron chi connectivity index (χ2n) is 20.3. The zero-order valence-corrected chi connectivity index (χ0v) is 39.7. The highest BCUT2D eigenvalue weighted by Crippen LogP contribution is 2.69. The first-order valence-electron chi connectivity index (χ1n) is 24.6. The summed E-state index contributed by atoms with van der Waals surface area (Å²) < 4.78 is 0. The van der Waals surface area contributed by atoms with Crippen molar-refractivity contribution in [1.29, 1.82) is 0 Å². The molecule has 0 aromatic heterocycles. The molecule has 2 bridgehead atoms. The summed E-state index contributed by atoms with van der Waals surface area (Å²) in [6.45, 7) is 13.2. The number of aryl methyl sites for hydroxylation is 1. The molecule has 2 aromatic rings. The van der Waals surface area contributed by atoms with E-state index in [0.29, 0.717) is 85.6 Å². The quantitative estimate of drug-likeness (QED) is 0.103. The second kappa shape index (κ2) is 21.5. The molecule has 2 aliphatic heterocycles. The highest BCUT2D eigenvalue weighted by Gasteiger charge is 2.70. The van der Waals surface area contributed by atoms with Gasteiger partial charge in [0.25, 0.3) is 0 Å². The molecule has 358 valence electrons. The third-order valence-corrected chi connectivity index (χ3v) is 16.0. The van der Waals surface area contributed by atoms with Crippen LogP contribution in [-0.4, -0.2) is 86.9 Å². The molecule has 11 unspecified atom stereocenters. The molecule has 66 heavy (non-hydrogen) atoms. The van der Waals surface area contributed by atoms with Crippen molar-refractivity contribution in [2.45, 2.75) is 153 Å². The van der Waals surface area contributed by atoms with Crippen molar-refractivity contribution in [3.05, 3.63) is 129 Å². The molecule has 11 atom stereocenters. The van der Waals surface area contributed by atoms with Gasteiger partial charge in [0.1, 0.15) is 12.2 Å². The summed E-state index contributed by atoms with van der Waals surface area (Å²) in [6.07, 6.45) is 11.4. The zero-order valence-electron chi connectivity index (χ0n) is 39.7. The number of amides is 1. The van der Waals surface area contributed by atoms with Crippen LogP contribution in [0.2, 0.25) is 0 Å². The molecule has 2 aromatic carbocycles. The van der Waals surface area contributed by atoms with Crippen LogP contribution in [0.1, 0.15) is 132 Å². The molecule has 3 fully saturated rings. The van der Waals surface area contributed by atoms with Gasteiger partial charge in [-0.15, -0.1) is 0 Å². The Balaban J connectivity index is 1.29. The Morgan fingerprint density at radius 2 is 1.79 bits per heavy atom. The highest BCUT2D eigenvalue weighted by molar-refractivity contribution is 5.98. The highest BCUT2D eigenvalue weighted by atomic mass is 16.3. The first-order chi connectivity index (χ1) is 31.6. The van der Waals surface area contributed by atoms with Crippen molar-refractivity contribution in [1.82, 2.24) is 16.0 Å². The Labute approximate surface area is 392 Å². The summed E-state index contributed by atoms with van der Waals surface area (Å²) >= 11 is 0. The van der Waals surface area contributed by atoms with Crippen LogP contribution in [0, 0.1) is 23.2 Å². The summed E-state index contributed by atoms with van der Waals surface area (Å²) in [5.74, 6) is -1.40. The number of aliphatic hydroxyl groups excluding tert-OH is 4. The number of β-amino-alcohol motifs (C(OH)–C–C–N with tert-alkyl or cyclic N) is 1. The molecule has 2 heterocycles. The number of rotatable bonds is 9. The van der Waals surface area contributed by atoms with Gasteiger partial charge in [-0.3, -0.25) is 14.9 Å². The second-order valence-corrected chi connectivity index (χ2v) is 20.3. The van der Waals surface area contributed by atoms with Crippen molar-refractivity contribution < 1.29 is 35.1 Å². The minimum Gasteiger partial charge on any atom is -0.393 e. The first-order valence-corrected chi connectivity index (χ1v) is 24.6. The van der Waals surface area contributed by atoms with Crippen LogP contribution in [0.3, 0.4) is 0 Å². The predicted octanol–water partition coefficient (Wildman–Crippen LogP) is 6.20. The molecule has 3 saturated carbocycles. The first kappa shape index (κ1) is 49.9. The fraction of sp³-hybridized carbons (Fsp3) is 0.564. The van der Waals surface area contributed by atoms with Crippen LogP contribution in [-0.2, 0) is 28.9 Å². The van der Waals surface area contributed by atoms with Crippen LogP contribution < -0.4 is 21.7 Å². The summed E-state index contributed by atoms with van der Waals surface area (Å²) in [7, 11) is 0. The number of carbonyl (C=O) groups is 2. The number of nitrogens with one attached hydrogen (secondary N) is 3. The van der Waals surface area contributed by atoms with E-state index in [4.69, 9.17) is 5.73 Å². The van der Waals surface area contributed by atoms with Crippen LogP contribution >= 0.6 is 0 Å². The number of hydrogen-bond donors (Lipinski definition) is 9. The average molecular weight is 905 g/mol. The largest absolute Gasteiger partial charge is 0.393 e. The number of ketones is 1. The minimum atomic E-state index is -1.23. The number of hydrogen-bond acceptors (Lipinski definition) is 10. The monoisotopic (exact) mass is 905 g/mol. The maximum Gasteiger partial charge on any atom is 0.243 e. The predicted molar refractivity (Wildman–Crippen MR) is 260 cm³/mol. The van der Waals surface area contributed by atoms with Crippen LogP contribution in [0.25, 0.3) is 0 Å². The Kier molecular flexibility index (Phi) is 16.2. The smallest absolute Gasteiger partial charge is 0.243 e. The van der Waals surface area contributed by atoms with Gasteiger partial charge in [-0.25, -0.2) is 0 Å². The Morgan fingerprint density at radius 3 is 2.55 bits per heavy atom. The molecule has 1 spiro atoms. The molecule has 0 radical (unpaired) electrons. The van der Waals surface area contributed by atoms with E-state index in [-0.39, 0.29) is 43.2 Å². The van der Waals surface area contributed by atoms with Crippen molar-refractivity contribution in [3.8, 4) is 0 Å². The molecule has 11 nitrogen and oxygen atoms in total. The lowest BCUT2D eigenvalue weighted by Crippen LogP contribution is -2.65. The molecule has 5 aliphatic rings. The lowest BCUT2D eigenvalue weighted by molar-refractivity contribution is -0.216. The van der Waals surface area contributed by atoms with Crippen molar-refractivity contribution in [2.24, 2.45) is 28.9 Å². The van der Waals surface area contributed by atoms with Gasteiger partial charge in [0.2, 0.25) is 5.91 Å². The van der Waals surface area contributed by atoms with E-state index in [1.54, 1.807) is 0 Å². The zero-order chi connectivity index (χ0) is 47.3. The SMILES string of the molecule is C=C(C=CC=C(CO)C1CC2CCCC3(O)CCC4=C(C)C(=O)Cc5cccc6c5C(NCC(O)CCc5cccc(c5)CC(O)CCC4C23C1O)C(=O)NC6N)C(CC=C(C)C)NCC. The van der Waals surface area contributed by atoms with Gasteiger partial charge in [0.05, 0.1) is 30.5 Å². The number of fused-ring (bicyclic) bond motifs is 3. The van der Waals surface area contributed by atoms with Crippen LogP contribution in [0.15, 0.2) is 101 Å². The number of carbonyl (C=O) groups excluding carboxylic acids is 2. The van der Waals surface area contributed by atoms with Crippen LogP contribution in [0.4, 0.5) is 0 Å². The van der Waals surface area contributed by atoms with E-state index in [2.05, 4.69) is 55.4 Å². The number of aliphatic hydroxyl groups is 5. The third-order valence-electron chi connectivity index (χ3n) is 16.0. The van der Waals surface area contributed by atoms with Crippen molar-refractivity contribution in [3.63, 3.8) is 0 Å². The Bertz CT molecular complexity index is 2230.